The van der Waals surface area contributed by atoms with Crippen LogP contribution in [-0.2, 0) is 13.6 Å². The number of pyridine rings is 1. The van der Waals surface area contributed by atoms with Crippen molar-refractivity contribution in [3.8, 4) is 0 Å². The van der Waals surface area contributed by atoms with Crippen molar-refractivity contribution >= 4 is 27.5 Å². The second-order valence-corrected chi connectivity index (χ2v) is 4.71. The molecule has 3 heterocycles. The highest BCUT2D eigenvalue weighted by Crippen LogP contribution is 2.12. The lowest BCUT2D eigenvalue weighted by Gasteiger charge is -1.99. The van der Waals surface area contributed by atoms with Crippen molar-refractivity contribution < 1.29 is 0 Å². The minimum absolute atomic E-state index is 0.536. The first-order chi connectivity index (χ1) is 8.72. The van der Waals surface area contributed by atoms with E-state index in [1.54, 1.807) is 10.8 Å². The maximum atomic E-state index is 4.35. The Kier molecular flexibility index (Phi) is 2.71. The third-order valence-electron chi connectivity index (χ3n) is 2.50. The molecular weight excluding hydrogens is 298 g/mol. The van der Waals surface area contributed by atoms with Crippen molar-refractivity contribution in [3.63, 3.8) is 0 Å². The van der Waals surface area contributed by atoms with Gasteiger partial charge in [0, 0.05) is 17.7 Å². The largest absolute Gasteiger partial charge is 0.346 e. The lowest BCUT2D eigenvalue weighted by Crippen LogP contribution is -2.06. The minimum atomic E-state index is 0.536. The van der Waals surface area contributed by atoms with Crippen molar-refractivity contribution in [2.24, 2.45) is 7.05 Å². The molecule has 0 spiro atoms. The molecule has 0 aliphatic rings. The number of aryl methyl sites for hydroxylation is 1. The zero-order chi connectivity index (χ0) is 12.5. The van der Waals surface area contributed by atoms with Crippen LogP contribution in [0.15, 0.2) is 29.1 Å². The third-order valence-corrected chi connectivity index (χ3v) is 2.97. The van der Waals surface area contributed by atoms with E-state index in [1.807, 2.05) is 29.9 Å². The Balaban J connectivity index is 1.81. The topological polar surface area (TPSA) is 72.9 Å². The second-order valence-electron chi connectivity index (χ2n) is 3.80. The lowest BCUT2D eigenvalue weighted by molar-refractivity contribution is 0.806. The summed E-state index contributed by atoms with van der Waals surface area (Å²) in [4.78, 5) is 4.35. The summed E-state index contributed by atoms with van der Waals surface area (Å²) in [5, 5.41) is 15.2. The van der Waals surface area contributed by atoms with E-state index in [4.69, 9.17) is 0 Å². The van der Waals surface area contributed by atoms with Crippen molar-refractivity contribution in [1.29, 1.82) is 0 Å². The first-order valence-corrected chi connectivity index (χ1v) is 6.10. The molecule has 7 nitrogen and oxygen atoms in total. The van der Waals surface area contributed by atoms with E-state index >= 15 is 0 Å². The molecule has 3 aromatic heterocycles. The normalized spacial score (nSPS) is 11.0. The van der Waals surface area contributed by atoms with E-state index in [2.05, 4.69) is 41.5 Å². The Morgan fingerprint density at radius 1 is 1.39 bits per heavy atom. The van der Waals surface area contributed by atoms with Gasteiger partial charge in [-0.15, -0.1) is 15.3 Å². The van der Waals surface area contributed by atoms with Crippen molar-refractivity contribution in [3.05, 3.63) is 35.0 Å². The summed E-state index contributed by atoms with van der Waals surface area (Å²) in [5.74, 6) is 1.39. The van der Waals surface area contributed by atoms with E-state index < -0.39 is 0 Å². The first kappa shape index (κ1) is 11.1. The highest BCUT2D eigenvalue weighted by Gasteiger charge is 2.05. The predicted molar refractivity (Wildman–Crippen MR) is 69.0 cm³/mol. The molecule has 3 aromatic rings. The summed E-state index contributed by atoms with van der Waals surface area (Å²) >= 11 is 3.39. The Labute approximate surface area is 111 Å². The number of nitrogens with one attached hydrogen (secondary N) is 1. The number of fused-ring (bicyclic) bond motifs is 1. The molecule has 0 radical (unpaired) electrons. The van der Waals surface area contributed by atoms with E-state index in [-0.39, 0.29) is 0 Å². The molecule has 1 N–H and O–H groups in total. The summed E-state index contributed by atoms with van der Waals surface area (Å²) in [7, 11) is 1.89. The molecule has 0 unspecified atom stereocenters. The van der Waals surface area contributed by atoms with Crippen LogP contribution in [0.25, 0.3) is 5.65 Å². The van der Waals surface area contributed by atoms with Gasteiger partial charge in [-0.2, -0.15) is 4.98 Å². The summed E-state index contributed by atoms with van der Waals surface area (Å²) in [6, 6.07) is 3.82. The zero-order valence-corrected chi connectivity index (χ0v) is 11.2. The fourth-order valence-electron chi connectivity index (χ4n) is 1.56. The fourth-order valence-corrected chi connectivity index (χ4v) is 1.88. The summed E-state index contributed by atoms with van der Waals surface area (Å²) in [6.45, 7) is 0.536. The van der Waals surface area contributed by atoms with Gasteiger partial charge in [-0.25, -0.2) is 4.52 Å². The molecule has 3 rings (SSSR count). The van der Waals surface area contributed by atoms with E-state index in [9.17, 15) is 0 Å². The highest BCUT2D eigenvalue weighted by molar-refractivity contribution is 9.10. The van der Waals surface area contributed by atoms with Crippen LogP contribution >= 0.6 is 15.9 Å². The number of rotatable bonds is 3. The minimum Gasteiger partial charge on any atom is -0.346 e. The van der Waals surface area contributed by atoms with E-state index in [0.717, 1.165) is 15.9 Å². The monoisotopic (exact) mass is 307 g/mol. The number of halogens is 1. The molecular formula is C10H10BrN7. The van der Waals surface area contributed by atoms with E-state index in [1.165, 1.54) is 0 Å². The molecule has 0 aliphatic carbocycles. The number of hydrogen-bond acceptors (Lipinski definition) is 5. The summed E-state index contributed by atoms with van der Waals surface area (Å²) in [6.07, 6.45) is 3.51. The van der Waals surface area contributed by atoms with Gasteiger partial charge >= 0.3 is 0 Å². The Morgan fingerprint density at radius 3 is 3.06 bits per heavy atom. The molecule has 0 aliphatic heterocycles. The van der Waals surface area contributed by atoms with Gasteiger partial charge in [-0.1, -0.05) is 0 Å². The molecule has 0 amide bonds. The maximum absolute atomic E-state index is 4.35. The van der Waals surface area contributed by atoms with Gasteiger partial charge in [0.05, 0.1) is 6.54 Å². The highest BCUT2D eigenvalue weighted by atomic mass is 79.9. The number of anilines is 1. The van der Waals surface area contributed by atoms with Crippen LogP contribution in [0.2, 0.25) is 0 Å². The van der Waals surface area contributed by atoms with Crippen LogP contribution in [0.1, 0.15) is 5.82 Å². The van der Waals surface area contributed by atoms with Crippen LogP contribution < -0.4 is 5.32 Å². The smallest absolute Gasteiger partial charge is 0.243 e. The van der Waals surface area contributed by atoms with Gasteiger partial charge in [-0.3, -0.25) is 0 Å². The molecule has 0 saturated carbocycles. The van der Waals surface area contributed by atoms with Crippen molar-refractivity contribution in [2.45, 2.75) is 6.54 Å². The van der Waals surface area contributed by atoms with Gasteiger partial charge in [0.25, 0.3) is 0 Å². The molecule has 0 atom stereocenters. The average molecular weight is 308 g/mol. The molecule has 0 bridgehead atoms. The predicted octanol–water partition coefficient (Wildman–Crippen LogP) is 1.23. The summed E-state index contributed by atoms with van der Waals surface area (Å²) < 4.78 is 4.52. The van der Waals surface area contributed by atoms with Gasteiger partial charge in [0.2, 0.25) is 5.95 Å². The number of nitrogens with zero attached hydrogens (tertiary/aromatic N) is 6. The van der Waals surface area contributed by atoms with Gasteiger partial charge < -0.3 is 9.88 Å². The van der Waals surface area contributed by atoms with Crippen LogP contribution in [0.5, 0.6) is 0 Å². The zero-order valence-electron chi connectivity index (χ0n) is 9.58. The molecule has 92 valence electrons. The van der Waals surface area contributed by atoms with Gasteiger partial charge in [-0.05, 0) is 28.1 Å². The number of aromatic nitrogens is 6. The van der Waals surface area contributed by atoms with E-state index in [0.29, 0.717) is 12.5 Å². The van der Waals surface area contributed by atoms with Gasteiger partial charge in [0.1, 0.15) is 6.33 Å². The van der Waals surface area contributed by atoms with Crippen molar-refractivity contribution in [2.75, 3.05) is 5.32 Å². The van der Waals surface area contributed by atoms with Crippen LogP contribution in [0.4, 0.5) is 5.95 Å². The summed E-state index contributed by atoms with van der Waals surface area (Å²) in [5.41, 5.74) is 0.790. The quantitative estimate of drug-likeness (QED) is 0.788. The standard InChI is InChI=1S/C10H10BrN7/c1-17-6-13-15-9(17)4-12-10-14-8-3-2-7(11)5-18(8)16-10/h2-3,5-6H,4H2,1H3,(H,12,16). The Hall–Kier alpha value is -1.96. The van der Waals surface area contributed by atoms with Crippen LogP contribution in [0.3, 0.4) is 0 Å². The maximum Gasteiger partial charge on any atom is 0.243 e. The second kappa shape index (κ2) is 4.37. The molecule has 0 saturated heterocycles. The lowest BCUT2D eigenvalue weighted by atomic mass is 10.5. The van der Waals surface area contributed by atoms with Crippen LogP contribution in [0, 0.1) is 0 Å². The Bertz CT molecular complexity index is 686. The van der Waals surface area contributed by atoms with Crippen LogP contribution in [-0.4, -0.2) is 29.4 Å². The third kappa shape index (κ3) is 2.06. The SMILES string of the molecule is Cn1cnnc1CNc1nc2ccc(Br)cn2n1. The average Bonchev–Trinajstić information content (AvgIpc) is 2.92. The first-order valence-electron chi connectivity index (χ1n) is 5.31. The molecule has 18 heavy (non-hydrogen) atoms. The number of hydrogen-bond donors (Lipinski definition) is 1. The molecule has 0 aromatic carbocycles. The molecule has 0 fully saturated rings. The Morgan fingerprint density at radius 2 is 2.28 bits per heavy atom. The van der Waals surface area contributed by atoms with Gasteiger partial charge in [0.15, 0.2) is 11.5 Å². The molecule has 8 heteroatoms. The fraction of sp³-hybridized carbons (Fsp3) is 0.200. The van der Waals surface area contributed by atoms with Crippen molar-refractivity contribution in [1.82, 2.24) is 29.4 Å².